The smallest absolute Gasteiger partial charge is 0.259 e. The number of carbonyl (C=O) groups excluding carboxylic acids is 2. The highest BCUT2D eigenvalue weighted by Gasteiger charge is 2.34. The van der Waals surface area contributed by atoms with Crippen molar-refractivity contribution in [3.8, 4) is 0 Å². The molecule has 0 bridgehead atoms. The van der Waals surface area contributed by atoms with Gasteiger partial charge in [-0.15, -0.1) is 0 Å². The summed E-state index contributed by atoms with van der Waals surface area (Å²) in [6.07, 6.45) is 6.78. The summed E-state index contributed by atoms with van der Waals surface area (Å²) in [5.41, 5.74) is 4.05. The topological polar surface area (TPSA) is 104 Å². The fraction of sp³-hybridized carbons (Fsp3) is 0. The first-order chi connectivity index (χ1) is 12.2. The van der Waals surface area contributed by atoms with E-state index in [1.54, 1.807) is 24.8 Å². The molecule has 3 N–H and O–H groups in total. The second-order valence-electron chi connectivity index (χ2n) is 6.13. The molecule has 0 saturated carbocycles. The monoisotopic (exact) mass is 327 g/mol. The number of nitrogens with zero attached hydrogens (tertiary/aromatic N) is 2. The summed E-state index contributed by atoms with van der Waals surface area (Å²) >= 11 is 0. The first kappa shape index (κ1) is 12.7. The van der Waals surface area contributed by atoms with Gasteiger partial charge in [-0.1, -0.05) is 0 Å². The highest BCUT2D eigenvalue weighted by atomic mass is 16.2. The quantitative estimate of drug-likeness (QED) is 0.380. The molecular formula is C18H9N5O2. The fourth-order valence-electron chi connectivity index (χ4n) is 3.91. The third kappa shape index (κ3) is 1.37. The molecule has 5 aromatic rings. The lowest BCUT2D eigenvalue weighted by atomic mass is 9.97. The number of aromatic amines is 2. The Kier molecular flexibility index (Phi) is 2.03. The van der Waals surface area contributed by atoms with E-state index in [1.165, 1.54) is 0 Å². The Hall–Kier alpha value is -3.74. The van der Waals surface area contributed by atoms with E-state index >= 15 is 0 Å². The second-order valence-corrected chi connectivity index (χ2v) is 6.13. The second kappa shape index (κ2) is 4.02. The molecule has 1 aliphatic rings. The molecule has 1 aliphatic heterocycles. The molecule has 0 aliphatic carbocycles. The lowest BCUT2D eigenvalue weighted by Gasteiger charge is -2.02. The molecule has 118 valence electrons. The minimum Gasteiger partial charge on any atom is -0.352 e. The summed E-state index contributed by atoms with van der Waals surface area (Å²) in [5.74, 6) is -0.735. The highest BCUT2D eigenvalue weighted by molar-refractivity contribution is 6.39. The zero-order valence-electron chi connectivity index (χ0n) is 12.7. The van der Waals surface area contributed by atoms with Crippen LogP contribution >= 0.6 is 0 Å². The number of imide groups is 1. The highest BCUT2D eigenvalue weighted by Crippen LogP contribution is 2.41. The van der Waals surface area contributed by atoms with Crippen LogP contribution in [0.1, 0.15) is 20.7 Å². The minimum atomic E-state index is -0.368. The molecule has 0 unspecified atom stereocenters. The number of hydrogen-bond donors (Lipinski definition) is 3. The normalized spacial score (nSPS) is 14.1. The van der Waals surface area contributed by atoms with Crippen LogP contribution in [0.5, 0.6) is 0 Å². The SMILES string of the molecule is O=C1NC(=O)c2c1c1c3ccncc3[nH]c1c1[nH]c3cnccc3c21. The first-order valence-electron chi connectivity index (χ1n) is 7.76. The van der Waals surface area contributed by atoms with E-state index in [9.17, 15) is 9.59 Å². The molecule has 7 heteroatoms. The summed E-state index contributed by atoms with van der Waals surface area (Å²) in [5, 5.41) is 5.65. The molecule has 0 fully saturated rings. The van der Waals surface area contributed by atoms with Crippen LogP contribution in [0.4, 0.5) is 0 Å². The van der Waals surface area contributed by atoms with Crippen LogP contribution in [-0.4, -0.2) is 31.8 Å². The van der Waals surface area contributed by atoms with Crippen molar-refractivity contribution in [1.29, 1.82) is 0 Å². The van der Waals surface area contributed by atoms with Gasteiger partial charge >= 0.3 is 0 Å². The number of pyridine rings is 2. The van der Waals surface area contributed by atoms with Gasteiger partial charge in [0.2, 0.25) is 0 Å². The van der Waals surface area contributed by atoms with Gasteiger partial charge in [-0.3, -0.25) is 24.9 Å². The van der Waals surface area contributed by atoms with Gasteiger partial charge in [0, 0.05) is 33.9 Å². The van der Waals surface area contributed by atoms with E-state index in [1.807, 2.05) is 12.1 Å². The molecule has 25 heavy (non-hydrogen) atoms. The van der Waals surface area contributed by atoms with Gasteiger partial charge in [-0.05, 0) is 12.1 Å². The van der Waals surface area contributed by atoms with Gasteiger partial charge in [-0.25, -0.2) is 0 Å². The predicted molar refractivity (Wildman–Crippen MR) is 92.6 cm³/mol. The van der Waals surface area contributed by atoms with E-state index in [-0.39, 0.29) is 11.8 Å². The van der Waals surface area contributed by atoms with Gasteiger partial charge in [0.25, 0.3) is 11.8 Å². The third-order valence-corrected chi connectivity index (χ3v) is 4.88. The van der Waals surface area contributed by atoms with Gasteiger partial charge in [-0.2, -0.15) is 0 Å². The van der Waals surface area contributed by atoms with E-state index < -0.39 is 0 Å². The average molecular weight is 327 g/mol. The zero-order chi connectivity index (χ0) is 16.7. The Morgan fingerprint density at radius 2 is 1.20 bits per heavy atom. The van der Waals surface area contributed by atoms with Crippen molar-refractivity contribution in [2.24, 2.45) is 0 Å². The molecule has 6 rings (SSSR count). The number of H-pyrrole nitrogens is 2. The molecule has 2 amide bonds. The van der Waals surface area contributed by atoms with Crippen molar-refractivity contribution in [2.45, 2.75) is 0 Å². The maximum absolute atomic E-state index is 12.5. The van der Waals surface area contributed by atoms with E-state index in [0.29, 0.717) is 11.1 Å². The van der Waals surface area contributed by atoms with Crippen molar-refractivity contribution >= 4 is 55.4 Å². The summed E-state index contributed by atoms with van der Waals surface area (Å²) in [4.78, 5) is 40.1. The van der Waals surface area contributed by atoms with Gasteiger partial charge in [0.15, 0.2) is 0 Å². The zero-order valence-corrected chi connectivity index (χ0v) is 12.7. The van der Waals surface area contributed by atoms with Gasteiger partial charge < -0.3 is 9.97 Å². The molecule has 0 radical (unpaired) electrons. The minimum absolute atomic E-state index is 0.368. The van der Waals surface area contributed by atoms with Crippen molar-refractivity contribution in [2.75, 3.05) is 0 Å². The van der Waals surface area contributed by atoms with E-state index in [2.05, 4.69) is 25.3 Å². The van der Waals surface area contributed by atoms with Crippen LogP contribution in [0.25, 0.3) is 43.6 Å². The molecule has 5 heterocycles. The fourth-order valence-corrected chi connectivity index (χ4v) is 3.91. The van der Waals surface area contributed by atoms with E-state index in [4.69, 9.17) is 0 Å². The summed E-state index contributed by atoms with van der Waals surface area (Å²) in [6, 6.07) is 3.70. The maximum atomic E-state index is 12.5. The Morgan fingerprint density at radius 3 is 1.68 bits per heavy atom. The van der Waals surface area contributed by atoms with Crippen LogP contribution in [-0.2, 0) is 0 Å². The molecule has 7 nitrogen and oxygen atoms in total. The summed E-state index contributed by atoms with van der Waals surface area (Å²) < 4.78 is 0. The maximum Gasteiger partial charge on any atom is 0.259 e. The number of hydrogen-bond acceptors (Lipinski definition) is 4. The van der Waals surface area contributed by atoms with Crippen LogP contribution in [0, 0.1) is 0 Å². The Morgan fingerprint density at radius 1 is 0.720 bits per heavy atom. The number of nitrogens with one attached hydrogen (secondary N) is 3. The molecule has 1 aromatic carbocycles. The van der Waals surface area contributed by atoms with Crippen molar-refractivity contribution < 1.29 is 9.59 Å². The Labute approximate surface area is 139 Å². The van der Waals surface area contributed by atoms with Crippen LogP contribution in [0.2, 0.25) is 0 Å². The van der Waals surface area contributed by atoms with Gasteiger partial charge in [0.05, 0.1) is 45.6 Å². The Bertz CT molecular complexity index is 1300. The molecule has 0 spiro atoms. The Balaban J connectivity index is 2.04. The van der Waals surface area contributed by atoms with Crippen molar-refractivity contribution in [3.05, 3.63) is 48.0 Å². The average Bonchev–Trinajstić information content (AvgIpc) is 3.26. The number of amides is 2. The predicted octanol–water partition coefficient (Wildman–Crippen LogP) is 2.63. The number of benzene rings is 1. The molecular weight excluding hydrogens is 318 g/mol. The third-order valence-electron chi connectivity index (χ3n) is 4.88. The van der Waals surface area contributed by atoms with E-state index in [0.717, 1.165) is 43.6 Å². The number of rotatable bonds is 0. The molecule has 0 saturated heterocycles. The number of fused-ring (bicyclic) bond motifs is 10. The first-order valence-corrected chi connectivity index (χ1v) is 7.76. The molecule has 4 aromatic heterocycles. The molecule has 0 atom stereocenters. The van der Waals surface area contributed by atoms with Crippen LogP contribution < -0.4 is 5.32 Å². The van der Waals surface area contributed by atoms with Crippen LogP contribution in [0.15, 0.2) is 36.9 Å². The standard InChI is InChI=1S/C18H9N5O2/c24-17-13-11-7-1-3-19-5-9(7)21-15(11)16-12(14(13)18(25)23-17)8-2-4-20-6-10(8)22-16/h1-6,21-22H,(H,23,24,25). The van der Waals surface area contributed by atoms with Gasteiger partial charge in [0.1, 0.15) is 0 Å². The summed E-state index contributed by atoms with van der Waals surface area (Å²) in [6.45, 7) is 0. The van der Waals surface area contributed by atoms with Crippen molar-refractivity contribution in [3.63, 3.8) is 0 Å². The lowest BCUT2D eigenvalue weighted by molar-refractivity contribution is 0.0880. The van der Waals surface area contributed by atoms with Crippen molar-refractivity contribution in [1.82, 2.24) is 25.3 Å². The largest absolute Gasteiger partial charge is 0.352 e. The van der Waals surface area contributed by atoms with Crippen LogP contribution in [0.3, 0.4) is 0 Å². The lowest BCUT2D eigenvalue weighted by Crippen LogP contribution is -2.20. The summed E-state index contributed by atoms with van der Waals surface area (Å²) in [7, 11) is 0. The number of carbonyl (C=O) groups is 2. The number of aromatic nitrogens is 4.